The van der Waals surface area contributed by atoms with Crippen LogP contribution in [-0.2, 0) is 32.2 Å². The van der Waals surface area contributed by atoms with Crippen LogP contribution in [0.15, 0.2) is 33.1 Å². The zero-order chi connectivity index (χ0) is 54.0. The molecule has 6 heterocycles. The van der Waals surface area contributed by atoms with Crippen molar-refractivity contribution in [2.24, 2.45) is 0 Å². The lowest BCUT2D eigenvalue weighted by Crippen LogP contribution is -2.58. The van der Waals surface area contributed by atoms with Gasteiger partial charge in [-0.15, -0.1) is 0 Å². The van der Waals surface area contributed by atoms with Crippen molar-refractivity contribution in [2.75, 3.05) is 47.4 Å². The number of furan rings is 2. The van der Waals surface area contributed by atoms with E-state index in [0.29, 0.717) is 38.4 Å². The van der Waals surface area contributed by atoms with Gasteiger partial charge >= 0.3 is 0 Å². The maximum absolute atomic E-state index is 9.96. The summed E-state index contributed by atoms with van der Waals surface area (Å²) in [6.07, 6.45) is -22.0. The highest BCUT2D eigenvalue weighted by atomic mass is 19.1. The predicted molar refractivity (Wildman–Crippen MR) is 213 cm³/mol. The fraction of sp³-hybridized carbons (Fsp3) is 0.730. The Morgan fingerprint density at radius 3 is 0.971 bits per heavy atom. The normalized spacial score (nSPS) is 36.4. The number of carbonyl (C=O) groups excluding carboxylic acids is 2. The molecule has 0 spiro atoms. The van der Waals surface area contributed by atoms with E-state index in [4.69, 9.17) is 111 Å². The third-order valence-corrected chi connectivity index (χ3v) is 9.20. The summed E-state index contributed by atoms with van der Waals surface area (Å²) in [5, 5.41) is 195. The molecule has 4 saturated heterocycles. The van der Waals surface area contributed by atoms with Crippen LogP contribution in [0.4, 0.5) is 8.78 Å². The SMILES string of the molecule is CF.CF.O=Cc1ccc(CO)o1.O=Cc1ccc(CO)o1.OC1O[C@H](O)C(O)C(O)[C@@H]1O.OCC1OC(O)C(O)[C@H](O)[C@@H]1O.OC[C@H]1O[C@@](O)(CO)C(O)[C@H]1O.OC[C@H]1O[C@@](O)(CO)[C@@H](O)[C@@H]1O. The molecule has 0 saturated carbocycles. The van der Waals surface area contributed by atoms with Crippen LogP contribution in [0.5, 0.6) is 0 Å². The van der Waals surface area contributed by atoms with Crippen molar-refractivity contribution in [1.82, 2.24) is 0 Å². The van der Waals surface area contributed by atoms with Gasteiger partial charge in [0.05, 0.1) is 47.4 Å². The van der Waals surface area contributed by atoms with Crippen molar-refractivity contribution in [3.8, 4) is 0 Å². The van der Waals surface area contributed by atoms with Crippen LogP contribution >= 0.6 is 0 Å². The minimum absolute atomic E-state index is 0.159. The van der Waals surface area contributed by atoms with Gasteiger partial charge in [-0.25, -0.2) is 0 Å². The smallest absolute Gasteiger partial charge is 0.219 e. The van der Waals surface area contributed by atoms with E-state index in [-0.39, 0.29) is 24.7 Å². The Hall–Kier alpha value is -3.28. The lowest BCUT2D eigenvalue weighted by molar-refractivity contribution is -0.328. The third-order valence-electron chi connectivity index (χ3n) is 9.20. The van der Waals surface area contributed by atoms with E-state index in [0.717, 1.165) is 0 Å². The van der Waals surface area contributed by atoms with E-state index in [1.54, 1.807) is 12.1 Å². The molecule has 2 aromatic rings. The van der Waals surface area contributed by atoms with Crippen LogP contribution < -0.4 is 0 Å². The minimum Gasteiger partial charge on any atom is -0.456 e. The van der Waals surface area contributed by atoms with Crippen molar-refractivity contribution < 1.29 is 158 Å². The summed E-state index contributed by atoms with van der Waals surface area (Å²) in [6.45, 7) is -3.56. The van der Waals surface area contributed by atoms with Gasteiger partial charge < -0.3 is 140 Å². The first-order chi connectivity index (χ1) is 32.4. The van der Waals surface area contributed by atoms with E-state index in [2.05, 4.69) is 18.9 Å². The molecule has 0 amide bonds. The monoisotopic (exact) mass is 1030 g/mol. The largest absolute Gasteiger partial charge is 0.456 e. The first kappa shape index (κ1) is 67.8. The average Bonchev–Trinajstić information content (AvgIpc) is 4.16. The molecule has 0 radical (unpaired) electrons. The molecule has 6 rings (SSSR count). The Labute approximate surface area is 388 Å². The molecular formula is C37H64F2O30. The zero-order valence-corrected chi connectivity index (χ0v) is 36.5. The lowest BCUT2D eigenvalue weighted by Gasteiger charge is -2.37. The van der Waals surface area contributed by atoms with E-state index in [1.165, 1.54) is 12.1 Å². The summed E-state index contributed by atoms with van der Waals surface area (Å²) in [5.41, 5.74) is 0. The predicted octanol–water partition coefficient (Wildman–Crippen LogP) is -10.6. The molecule has 406 valence electrons. The van der Waals surface area contributed by atoms with Crippen LogP contribution in [-0.4, -0.2) is 282 Å². The van der Waals surface area contributed by atoms with Gasteiger partial charge in [0, 0.05) is 0 Å². The molecule has 32 heteroatoms. The molecule has 2 aromatic heterocycles. The van der Waals surface area contributed by atoms with Crippen molar-refractivity contribution in [3.63, 3.8) is 0 Å². The summed E-state index contributed by atoms with van der Waals surface area (Å²) in [4.78, 5) is 19.9. The maximum atomic E-state index is 9.96. The molecule has 4 aliphatic rings. The van der Waals surface area contributed by atoms with E-state index < -0.39 is 143 Å². The quantitative estimate of drug-likeness (QED) is 0.104. The Kier molecular flexibility index (Phi) is 33.6. The molecular weight excluding hydrogens is 962 g/mol. The van der Waals surface area contributed by atoms with Crippen LogP contribution in [0, 0.1) is 0 Å². The van der Waals surface area contributed by atoms with Gasteiger partial charge in [-0.1, -0.05) is 0 Å². The number of rotatable bonds is 9. The van der Waals surface area contributed by atoms with Crippen molar-refractivity contribution >= 4 is 12.6 Å². The highest BCUT2D eigenvalue weighted by Crippen LogP contribution is 2.29. The molecule has 0 aromatic carbocycles. The van der Waals surface area contributed by atoms with Gasteiger partial charge in [0.2, 0.25) is 11.6 Å². The third kappa shape index (κ3) is 20.0. The lowest BCUT2D eigenvalue weighted by atomic mass is 10.00. The second-order valence-electron chi connectivity index (χ2n) is 13.8. The summed E-state index contributed by atoms with van der Waals surface area (Å²) in [6, 6.07) is 6.14. The molecule has 4 aliphatic heterocycles. The molecule has 30 nitrogen and oxygen atoms in total. The second-order valence-corrected chi connectivity index (χ2v) is 13.8. The highest BCUT2D eigenvalue weighted by molar-refractivity contribution is 5.70. The van der Waals surface area contributed by atoms with Gasteiger partial charge in [-0.05, 0) is 24.3 Å². The van der Waals surface area contributed by atoms with Crippen LogP contribution in [0.3, 0.4) is 0 Å². The van der Waals surface area contributed by atoms with E-state index >= 15 is 0 Å². The molecule has 4 fully saturated rings. The summed E-state index contributed by atoms with van der Waals surface area (Å²) in [5.74, 6) is -2.99. The number of hydrogen-bond donors (Lipinski definition) is 22. The zero-order valence-electron chi connectivity index (χ0n) is 36.5. The number of alkyl halides is 2. The van der Waals surface area contributed by atoms with Crippen molar-refractivity contribution in [2.45, 2.75) is 123 Å². The molecule has 7 unspecified atom stereocenters. The highest BCUT2D eigenvalue weighted by Gasteiger charge is 2.54. The van der Waals surface area contributed by atoms with Gasteiger partial charge in [0.25, 0.3) is 0 Å². The van der Waals surface area contributed by atoms with Crippen LogP contribution in [0.2, 0.25) is 0 Å². The number of hydrogen-bond acceptors (Lipinski definition) is 30. The molecule has 0 aliphatic carbocycles. The summed E-state index contributed by atoms with van der Waals surface area (Å²) < 4.78 is 46.6. The van der Waals surface area contributed by atoms with Crippen molar-refractivity contribution in [3.05, 3.63) is 47.3 Å². The molecule has 69 heavy (non-hydrogen) atoms. The molecule has 0 bridgehead atoms. The molecule has 18 atom stereocenters. The van der Waals surface area contributed by atoms with Crippen LogP contribution in [0.1, 0.15) is 32.6 Å². The Morgan fingerprint density at radius 1 is 0.449 bits per heavy atom. The topological polar surface area (TPSA) is 542 Å². The number of ether oxygens (including phenoxy) is 4. The Balaban J connectivity index is 0. The standard InChI is InChI=1S/3C6H12O6.2C6H6O3.C5H10O6.2CH3F/c2*7-1-3-4(9)5(10)6(11,2-8)12-3;7-1-2-3(8)4(9)5(10)6(11)12-2;2*7-3-5-1-2-6(4-8)9-5;6-1-2(7)4(9)11-5(10)3(1)8;2*1-2/h2*3-5,7-11H,1-2H2;2-11H,1H2;2*1-3,8H,4H2;1-10H;2*1H3/t3-,4+,5?,6+;3-,4-,5+,6+;2?,3-,4-,5?,6?;;;1?,2-,3?,4?,5-;;/m111..0../s1. The van der Waals surface area contributed by atoms with E-state index in [9.17, 15) is 28.6 Å². The van der Waals surface area contributed by atoms with Gasteiger partial charge in [0.15, 0.2) is 43.0 Å². The number of aliphatic hydroxyl groups is 22. The first-order valence-electron chi connectivity index (χ1n) is 19.5. The minimum atomic E-state index is -2.16. The van der Waals surface area contributed by atoms with E-state index in [1.807, 2.05) is 0 Å². The van der Waals surface area contributed by atoms with Gasteiger partial charge in [-0.3, -0.25) is 18.4 Å². The first-order valence-corrected chi connectivity index (χ1v) is 19.5. The fourth-order valence-electron chi connectivity index (χ4n) is 5.31. The number of carbonyl (C=O) groups is 2. The Morgan fingerprint density at radius 2 is 0.754 bits per heavy atom. The summed E-state index contributed by atoms with van der Waals surface area (Å²) in [7, 11) is 1.00. The fourth-order valence-corrected chi connectivity index (χ4v) is 5.31. The van der Waals surface area contributed by atoms with Crippen LogP contribution in [0.25, 0.3) is 0 Å². The summed E-state index contributed by atoms with van der Waals surface area (Å²) >= 11 is 0. The average molecular weight is 1030 g/mol. The van der Waals surface area contributed by atoms with Crippen molar-refractivity contribution in [1.29, 1.82) is 0 Å². The second kappa shape index (κ2) is 34.2. The number of halogens is 2. The van der Waals surface area contributed by atoms with Gasteiger partial charge in [0.1, 0.15) is 104 Å². The van der Waals surface area contributed by atoms with Gasteiger partial charge in [-0.2, -0.15) is 0 Å². The molecule has 22 N–H and O–H groups in total. The Bertz CT molecular complexity index is 1510. The maximum Gasteiger partial charge on any atom is 0.219 e. The number of aldehydes is 2. The number of aliphatic hydroxyl groups excluding tert-OH is 20.